The second-order valence-corrected chi connectivity index (χ2v) is 4.95. The molecule has 0 aliphatic rings. The first-order valence-electron chi connectivity index (χ1n) is 6.68. The zero-order valence-corrected chi connectivity index (χ0v) is 11.9. The van der Waals surface area contributed by atoms with Crippen molar-refractivity contribution in [3.8, 4) is 0 Å². The van der Waals surface area contributed by atoms with Crippen molar-refractivity contribution in [2.45, 2.75) is 6.54 Å². The van der Waals surface area contributed by atoms with E-state index in [1.165, 1.54) is 6.07 Å². The number of aromatic amines is 1. The van der Waals surface area contributed by atoms with Crippen LogP contribution >= 0.6 is 0 Å². The van der Waals surface area contributed by atoms with Crippen LogP contribution in [0.3, 0.4) is 0 Å². The third-order valence-electron chi connectivity index (χ3n) is 3.35. The van der Waals surface area contributed by atoms with E-state index in [9.17, 15) is 27.2 Å². The minimum absolute atomic E-state index is 0.187. The van der Waals surface area contributed by atoms with Gasteiger partial charge in [-0.05, 0) is 30.3 Å². The highest BCUT2D eigenvalue weighted by Gasteiger charge is 2.17. The van der Waals surface area contributed by atoms with E-state index < -0.39 is 47.1 Å². The molecule has 24 heavy (non-hydrogen) atoms. The molecule has 0 bridgehead atoms. The van der Waals surface area contributed by atoms with Gasteiger partial charge in [-0.1, -0.05) is 0 Å². The van der Waals surface area contributed by atoms with E-state index in [4.69, 9.17) is 0 Å². The second kappa shape index (κ2) is 5.84. The molecule has 0 spiro atoms. The Labute approximate surface area is 131 Å². The zero-order valence-electron chi connectivity index (χ0n) is 11.9. The minimum Gasteiger partial charge on any atom is -0.322 e. The maximum atomic E-state index is 13.5. The summed E-state index contributed by atoms with van der Waals surface area (Å²) in [7, 11) is 0. The smallest absolute Gasteiger partial charge is 0.322 e. The highest BCUT2D eigenvalue weighted by molar-refractivity contribution is 5.91. The van der Waals surface area contributed by atoms with Crippen LogP contribution in [0.2, 0.25) is 0 Å². The van der Waals surface area contributed by atoms with Gasteiger partial charge in [0.15, 0.2) is 17.5 Å². The summed E-state index contributed by atoms with van der Waals surface area (Å²) < 4.78 is 53.6. The molecule has 1 amide bonds. The van der Waals surface area contributed by atoms with Crippen LogP contribution in [0.4, 0.5) is 23.2 Å². The van der Waals surface area contributed by atoms with Crippen LogP contribution in [0.15, 0.2) is 35.1 Å². The third-order valence-corrected chi connectivity index (χ3v) is 3.35. The van der Waals surface area contributed by atoms with Gasteiger partial charge in [0.1, 0.15) is 12.4 Å². The number of benzene rings is 2. The second-order valence-electron chi connectivity index (χ2n) is 4.95. The van der Waals surface area contributed by atoms with Crippen molar-refractivity contribution in [1.82, 2.24) is 9.55 Å². The Morgan fingerprint density at radius 2 is 1.83 bits per heavy atom. The van der Waals surface area contributed by atoms with Gasteiger partial charge in [-0.3, -0.25) is 9.36 Å². The molecule has 3 rings (SSSR count). The van der Waals surface area contributed by atoms with Gasteiger partial charge in [0.05, 0.1) is 16.7 Å². The SMILES string of the molecule is O=C(Cn1c(=O)[nH]c2cc(F)ccc21)Nc1ccc(F)c(F)c1F. The first-order valence-corrected chi connectivity index (χ1v) is 6.68. The van der Waals surface area contributed by atoms with Crippen molar-refractivity contribution in [3.63, 3.8) is 0 Å². The molecule has 1 aromatic heterocycles. The van der Waals surface area contributed by atoms with Crippen LogP contribution in [0.1, 0.15) is 0 Å². The molecule has 0 fully saturated rings. The maximum absolute atomic E-state index is 13.5. The summed E-state index contributed by atoms with van der Waals surface area (Å²) in [5, 5.41) is 2.05. The first-order chi connectivity index (χ1) is 11.4. The number of H-pyrrole nitrogens is 1. The summed E-state index contributed by atoms with van der Waals surface area (Å²) in [4.78, 5) is 26.1. The highest BCUT2D eigenvalue weighted by atomic mass is 19.2. The van der Waals surface area contributed by atoms with Crippen LogP contribution < -0.4 is 11.0 Å². The van der Waals surface area contributed by atoms with Gasteiger partial charge < -0.3 is 10.3 Å². The third kappa shape index (κ3) is 2.75. The number of rotatable bonds is 3. The van der Waals surface area contributed by atoms with Crippen molar-refractivity contribution >= 4 is 22.6 Å². The average molecular weight is 339 g/mol. The number of fused-ring (bicyclic) bond motifs is 1. The summed E-state index contributed by atoms with van der Waals surface area (Å²) >= 11 is 0. The van der Waals surface area contributed by atoms with Crippen LogP contribution in [-0.2, 0) is 11.3 Å². The molecule has 0 aliphatic carbocycles. The van der Waals surface area contributed by atoms with Crippen molar-refractivity contribution < 1.29 is 22.4 Å². The standard InChI is InChI=1S/C15H9F4N3O2/c16-7-1-4-11-10(5-7)21-15(24)22(11)6-12(23)20-9-3-2-8(17)13(18)14(9)19/h1-5H,6H2,(H,20,23)(H,21,24). The summed E-state index contributed by atoms with van der Waals surface area (Å²) in [6.07, 6.45) is 0. The number of imidazole rings is 1. The van der Waals surface area contributed by atoms with Crippen molar-refractivity contribution in [2.75, 3.05) is 5.32 Å². The molecule has 2 aromatic carbocycles. The molecule has 3 aromatic rings. The Balaban J connectivity index is 1.87. The van der Waals surface area contributed by atoms with Crippen LogP contribution in [0.5, 0.6) is 0 Å². The molecule has 2 N–H and O–H groups in total. The lowest BCUT2D eigenvalue weighted by Crippen LogP contribution is -2.26. The van der Waals surface area contributed by atoms with E-state index in [0.29, 0.717) is 6.07 Å². The number of hydrogen-bond donors (Lipinski definition) is 2. The molecule has 0 atom stereocenters. The molecule has 1 heterocycles. The number of amides is 1. The average Bonchev–Trinajstić information content (AvgIpc) is 2.83. The molecule has 5 nitrogen and oxygen atoms in total. The maximum Gasteiger partial charge on any atom is 0.326 e. The van der Waals surface area contributed by atoms with E-state index in [-0.39, 0.29) is 11.0 Å². The van der Waals surface area contributed by atoms with Crippen LogP contribution in [0.25, 0.3) is 11.0 Å². The lowest BCUT2D eigenvalue weighted by molar-refractivity contribution is -0.116. The molecule has 0 saturated carbocycles. The number of halogens is 4. The Bertz CT molecular complexity index is 1010. The Kier molecular flexibility index (Phi) is 3.84. The van der Waals surface area contributed by atoms with E-state index in [2.05, 4.69) is 10.3 Å². The van der Waals surface area contributed by atoms with E-state index >= 15 is 0 Å². The molecular weight excluding hydrogens is 330 g/mol. The topological polar surface area (TPSA) is 66.9 Å². The van der Waals surface area contributed by atoms with Crippen molar-refractivity contribution in [1.29, 1.82) is 0 Å². The fraction of sp³-hybridized carbons (Fsp3) is 0.0667. The summed E-state index contributed by atoms with van der Waals surface area (Å²) in [5.41, 5.74) is -0.775. The number of carbonyl (C=O) groups is 1. The highest BCUT2D eigenvalue weighted by Crippen LogP contribution is 2.19. The lowest BCUT2D eigenvalue weighted by Gasteiger charge is -2.08. The minimum atomic E-state index is -1.72. The lowest BCUT2D eigenvalue weighted by atomic mass is 10.2. The Morgan fingerprint density at radius 3 is 2.58 bits per heavy atom. The molecule has 0 radical (unpaired) electrons. The number of hydrogen-bond acceptors (Lipinski definition) is 2. The predicted octanol–water partition coefficient (Wildman–Crippen LogP) is 2.52. The quantitative estimate of drug-likeness (QED) is 0.569. The Morgan fingerprint density at radius 1 is 1.08 bits per heavy atom. The normalized spacial score (nSPS) is 11.0. The first kappa shape index (κ1) is 15.8. The number of carbonyl (C=O) groups excluding carboxylic acids is 1. The van der Waals surface area contributed by atoms with Crippen LogP contribution in [0, 0.1) is 23.3 Å². The fourth-order valence-corrected chi connectivity index (χ4v) is 2.25. The van der Waals surface area contributed by atoms with Gasteiger partial charge in [-0.25, -0.2) is 22.4 Å². The number of nitrogens with zero attached hydrogens (tertiary/aromatic N) is 1. The van der Waals surface area contributed by atoms with E-state index in [0.717, 1.165) is 22.8 Å². The molecule has 124 valence electrons. The van der Waals surface area contributed by atoms with Gasteiger partial charge in [-0.2, -0.15) is 0 Å². The predicted molar refractivity (Wildman–Crippen MR) is 77.5 cm³/mol. The summed E-state index contributed by atoms with van der Waals surface area (Å²) in [6, 6.07) is 5.01. The zero-order chi connectivity index (χ0) is 17.4. The van der Waals surface area contributed by atoms with E-state index in [1.807, 2.05) is 0 Å². The van der Waals surface area contributed by atoms with Crippen LogP contribution in [-0.4, -0.2) is 15.5 Å². The molecule has 0 saturated heterocycles. The molecular formula is C15H9F4N3O2. The monoisotopic (exact) mass is 339 g/mol. The van der Waals surface area contributed by atoms with Gasteiger partial charge in [0.25, 0.3) is 0 Å². The molecule has 0 aliphatic heterocycles. The number of nitrogens with one attached hydrogen (secondary N) is 2. The molecule has 0 unspecified atom stereocenters. The van der Waals surface area contributed by atoms with Gasteiger partial charge in [0.2, 0.25) is 5.91 Å². The van der Waals surface area contributed by atoms with Crippen molar-refractivity contribution in [2.24, 2.45) is 0 Å². The Hall–Kier alpha value is -3.10. The van der Waals surface area contributed by atoms with Gasteiger partial charge in [0, 0.05) is 0 Å². The van der Waals surface area contributed by atoms with Gasteiger partial charge >= 0.3 is 5.69 Å². The summed E-state index contributed by atoms with van der Waals surface area (Å²) in [5.74, 6) is -6.05. The van der Waals surface area contributed by atoms with Gasteiger partial charge in [-0.15, -0.1) is 0 Å². The molecule has 9 heteroatoms. The summed E-state index contributed by atoms with van der Waals surface area (Å²) in [6.45, 7) is -0.525. The number of aromatic nitrogens is 2. The fourth-order valence-electron chi connectivity index (χ4n) is 2.25. The van der Waals surface area contributed by atoms with Crippen molar-refractivity contribution in [3.05, 3.63) is 64.1 Å². The largest absolute Gasteiger partial charge is 0.326 e. The number of anilines is 1. The van der Waals surface area contributed by atoms with E-state index in [1.54, 1.807) is 0 Å².